The van der Waals surface area contributed by atoms with Gasteiger partial charge in [-0.1, -0.05) is 24.6 Å². The number of halogens is 2. The summed E-state index contributed by atoms with van der Waals surface area (Å²) in [4.78, 5) is 0. The predicted octanol–water partition coefficient (Wildman–Crippen LogP) is 2.91. The molecule has 0 fully saturated rings. The Hall–Kier alpha value is -1.39. The van der Waals surface area contributed by atoms with Crippen LogP contribution in [0, 0.1) is 5.82 Å². The van der Waals surface area contributed by atoms with Crippen molar-refractivity contribution in [1.82, 2.24) is 15.1 Å². The van der Waals surface area contributed by atoms with Gasteiger partial charge in [0.25, 0.3) is 0 Å². The number of aryl methyl sites for hydroxylation is 1. The molecule has 1 aromatic heterocycles. The fourth-order valence-corrected chi connectivity index (χ4v) is 2.18. The fourth-order valence-electron chi connectivity index (χ4n) is 1.90. The van der Waals surface area contributed by atoms with Gasteiger partial charge in [0.2, 0.25) is 0 Å². The van der Waals surface area contributed by atoms with Gasteiger partial charge in [-0.25, -0.2) is 4.39 Å². The van der Waals surface area contributed by atoms with Crippen LogP contribution in [0.2, 0.25) is 5.02 Å². The van der Waals surface area contributed by atoms with Gasteiger partial charge in [0.05, 0.1) is 11.7 Å². The summed E-state index contributed by atoms with van der Waals surface area (Å²) in [7, 11) is 1.86. The van der Waals surface area contributed by atoms with Crippen molar-refractivity contribution in [3.63, 3.8) is 0 Å². The van der Waals surface area contributed by atoms with E-state index in [0.717, 1.165) is 17.8 Å². The van der Waals surface area contributed by atoms with Gasteiger partial charge >= 0.3 is 0 Å². The number of hydrogen-bond acceptors (Lipinski definition) is 2. The number of rotatable bonds is 4. The zero-order chi connectivity index (χ0) is 13.1. The van der Waals surface area contributed by atoms with Crippen LogP contribution in [0.5, 0.6) is 0 Å². The average Bonchev–Trinajstić information content (AvgIpc) is 2.73. The van der Waals surface area contributed by atoms with E-state index in [1.165, 1.54) is 12.1 Å². The Morgan fingerprint density at radius 1 is 1.44 bits per heavy atom. The second-order valence-corrected chi connectivity index (χ2v) is 4.48. The van der Waals surface area contributed by atoms with E-state index < -0.39 is 0 Å². The highest BCUT2D eigenvalue weighted by atomic mass is 35.5. The lowest BCUT2D eigenvalue weighted by Crippen LogP contribution is -2.23. The van der Waals surface area contributed by atoms with Crippen LogP contribution in [-0.2, 0) is 7.05 Å². The molecule has 0 aliphatic carbocycles. The standard InChI is InChI=1S/C13H15ClFN3/c1-3-16-13(12-6-7-18(2)17-12)10-5-4-9(15)8-11(10)14/h4-8,13,16H,3H2,1-2H3. The Balaban J connectivity index is 2.41. The van der Waals surface area contributed by atoms with Gasteiger partial charge < -0.3 is 5.32 Å². The normalized spacial score (nSPS) is 12.7. The Morgan fingerprint density at radius 2 is 2.22 bits per heavy atom. The molecule has 0 bridgehead atoms. The van der Waals surface area contributed by atoms with Crippen LogP contribution < -0.4 is 5.32 Å². The minimum Gasteiger partial charge on any atom is -0.305 e. The molecule has 1 atom stereocenters. The van der Waals surface area contributed by atoms with E-state index in [1.54, 1.807) is 10.7 Å². The van der Waals surface area contributed by atoms with E-state index in [2.05, 4.69) is 10.4 Å². The topological polar surface area (TPSA) is 29.9 Å². The van der Waals surface area contributed by atoms with E-state index in [9.17, 15) is 4.39 Å². The van der Waals surface area contributed by atoms with Crippen molar-refractivity contribution in [2.75, 3.05) is 6.54 Å². The van der Waals surface area contributed by atoms with Crippen LogP contribution in [0.3, 0.4) is 0 Å². The highest BCUT2D eigenvalue weighted by Crippen LogP contribution is 2.27. The molecule has 0 amide bonds. The molecule has 0 aliphatic heterocycles. The van der Waals surface area contributed by atoms with Crippen molar-refractivity contribution < 1.29 is 4.39 Å². The number of aromatic nitrogens is 2. The lowest BCUT2D eigenvalue weighted by atomic mass is 10.0. The van der Waals surface area contributed by atoms with Gasteiger partial charge in [-0.15, -0.1) is 0 Å². The Bertz CT molecular complexity index is 539. The second kappa shape index (κ2) is 5.50. The molecular weight excluding hydrogens is 253 g/mol. The van der Waals surface area contributed by atoms with Crippen LogP contribution in [0.1, 0.15) is 24.2 Å². The summed E-state index contributed by atoms with van der Waals surface area (Å²) in [6.45, 7) is 2.78. The summed E-state index contributed by atoms with van der Waals surface area (Å²) < 4.78 is 14.8. The number of hydrogen-bond donors (Lipinski definition) is 1. The second-order valence-electron chi connectivity index (χ2n) is 4.07. The minimum atomic E-state index is -0.333. The third kappa shape index (κ3) is 2.71. The Labute approximate surface area is 111 Å². The van der Waals surface area contributed by atoms with Crippen molar-refractivity contribution >= 4 is 11.6 Å². The highest BCUT2D eigenvalue weighted by Gasteiger charge is 2.18. The number of nitrogens with zero attached hydrogens (tertiary/aromatic N) is 2. The first-order valence-corrected chi connectivity index (χ1v) is 6.17. The van der Waals surface area contributed by atoms with Gasteiger partial charge in [-0.2, -0.15) is 5.10 Å². The highest BCUT2D eigenvalue weighted by molar-refractivity contribution is 6.31. The van der Waals surface area contributed by atoms with E-state index in [4.69, 9.17) is 11.6 Å². The molecule has 1 heterocycles. The number of nitrogens with one attached hydrogen (secondary N) is 1. The summed E-state index contributed by atoms with van der Waals surface area (Å²) in [5.74, 6) is -0.333. The Kier molecular flexibility index (Phi) is 3.99. The lowest BCUT2D eigenvalue weighted by Gasteiger charge is -2.17. The monoisotopic (exact) mass is 267 g/mol. The van der Waals surface area contributed by atoms with Crippen molar-refractivity contribution in [3.05, 3.63) is 52.6 Å². The molecule has 1 unspecified atom stereocenters. The first kappa shape index (κ1) is 13.1. The van der Waals surface area contributed by atoms with Crippen LogP contribution in [0.4, 0.5) is 4.39 Å². The maximum absolute atomic E-state index is 13.1. The van der Waals surface area contributed by atoms with E-state index in [-0.39, 0.29) is 11.9 Å². The molecule has 0 radical (unpaired) electrons. The predicted molar refractivity (Wildman–Crippen MR) is 70.1 cm³/mol. The molecule has 1 aromatic carbocycles. The molecule has 1 N–H and O–H groups in total. The average molecular weight is 268 g/mol. The van der Waals surface area contributed by atoms with E-state index >= 15 is 0 Å². The molecule has 0 aliphatic rings. The summed E-state index contributed by atoms with van der Waals surface area (Å²) in [5.41, 5.74) is 1.70. The lowest BCUT2D eigenvalue weighted by molar-refractivity contribution is 0.594. The van der Waals surface area contributed by atoms with Crippen molar-refractivity contribution in [3.8, 4) is 0 Å². The van der Waals surface area contributed by atoms with Gasteiger partial charge in [0.1, 0.15) is 5.82 Å². The molecular formula is C13H15ClFN3. The van der Waals surface area contributed by atoms with Crippen LogP contribution in [0.25, 0.3) is 0 Å². The molecule has 0 spiro atoms. The third-order valence-electron chi connectivity index (χ3n) is 2.71. The van der Waals surface area contributed by atoms with E-state index in [1.807, 2.05) is 26.2 Å². The maximum Gasteiger partial charge on any atom is 0.124 e. The van der Waals surface area contributed by atoms with Gasteiger partial charge in [-0.05, 0) is 30.3 Å². The quantitative estimate of drug-likeness (QED) is 0.923. The molecule has 5 heteroatoms. The Morgan fingerprint density at radius 3 is 2.78 bits per heavy atom. The first-order chi connectivity index (χ1) is 8.61. The molecule has 18 heavy (non-hydrogen) atoms. The fraction of sp³-hybridized carbons (Fsp3) is 0.308. The minimum absolute atomic E-state index is 0.121. The van der Waals surface area contributed by atoms with Crippen molar-refractivity contribution in [1.29, 1.82) is 0 Å². The maximum atomic E-state index is 13.1. The summed E-state index contributed by atoms with van der Waals surface area (Å²) in [6.07, 6.45) is 1.87. The largest absolute Gasteiger partial charge is 0.305 e. The smallest absolute Gasteiger partial charge is 0.124 e. The molecule has 2 aromatic rings. The molecule has 96 valence electrons. The summed E-state index contributed by atoms with van der Waals surface area (Å²) >= 11 is 6.10. The zero-order valence-electron chi connectivity index (χ0n) is 10.3. The number of benzene rings is 1. The van der Waals surface area contributed by atoms with Crippen LogP contribution in [-0.4, -0.2) is 16.3 Å². The zero-order valence-corrected chi connectivity index (χ0v) is 11.1. The van der Waals surface area contributed by atoms with E-state index in [0.29, 0.717) is 5.02 Å². The van der Waals surface area contributed by atoms with Crippen molar-refractivity contribution in [2.45, 2.75) is 13.0 Å². The van der Waals surface area contributed by atoms with Crippen LogP contribution in [0.15, 0.2) is 30.5 Å². The van der Waals surface area contributed by atoms with Gasteiger partial charge in [0, 0.05) is 18.3 Å². The van der Waals surface area contributed by atoms with Gasteiger partial charge in [-0.3, -0.25) is 4.68 Å². The molecule has 3 nitrogen and oxygen atoms in total. The first-order valence-electron chi connectivity index (χ1n) is 5.79. The third-order valence-corrected chi connectivity index (χ3v) is 3.04. The van der Waals surface area contributed by atoms with Crippen LogP contribution >= 0.6 is 11.6 Å². The summed E-state index contributed by atoms with van der Waals surface area (Å²) in [5, 5.41) is 8.09. The molecule has 2 rings (SSSR count). The molecule has 0 saturated heterocycles. The molecule has 0 saturated carbocycles. The van der Waals surface area contributed by atoms with Gasteiger partial charge in [0.15, 0.2) is 0 Å². The summed E-state index contributed by atoms with van der Waals surface area (Å²) in [6, 6.07) is 6.23. The van der Waals surface area contributed by atoms with Crippen molar-refractivity contribution in [2.24, 2.45) is 7.05 Å². The SMILES string of the molecule is CCNC(c1ccn(C)n1)c1ccc(F)cc1Cl.